The first-order valence-electron chi connectivity index (χ1n) is 9.12. The summed E-state index contributed by atoms with van der Waals surface area (Å²) >= 11 is 0. The molecule has 0 aliphatic carbocycles. The zero-order chi connectivity index (χ0) is 21.6. The third-order valence-electron chi connectivity index (χ3n) is 4.37. The number of benzene rings is 3. The Kier molecular flexibility index (Phi) is 6.57. The Morgan fingerprint density at radius 3 is 2.33 bits per heavy atom. The number of hydrogen-bond acceptors (Lipinski definition) is 3. The van der Waals surface area contributed by atoms with E-state index >= 15 is 0 Å². The summed E-state index contributed by atoms with van der Waals surface area (Å²) in [5.74, 6) is -0.0684. The maximum atomic E-state index is 12.9. The number of carbonyl (C=O) groups is 1. The Labute approximate surface area is 172 Å². The third kappa shape index (κ3) is 5.29. The molecule has 0 atom stereocenters. The Balaban J connectivity index is 1.88. The predicted molar refractivity (Wildman–Crippen MR) is 109 cm³/mol. The molecule has 0 unspecified atom stereocenters. The highest BCUT2D eigenvalue weighted by atomic mass is 19.4. The zero-order valence-electron chi connectivity index (χ0n) is 16.1. The molecule has 3 aromatic rings. The SMILES string of the molecule is COc1ccccc1C=C(C(=O)OCc1cccc(C(F)(F)F)c1)c1ccccc1. The van der Waals surface area contributed by atoms with Gasteiger partial charge in [-0.25, -0.2) is 4.79 Å². The maximum Gasteiger partial charge on any atom is 0.416 e. The molecule has 154 valence electrons. The second-order valence-corrected chi connectivity index (χ2v) is 6.44. The molecule has 0 spiro atoms. The van der Waals surface area contributed by atoms with Gasteiger partial charge in [0.15, 0.2) is 0 Å². The van der Waals surface area contributed by atoms with Gasteiger partial charge >= 0.3 is 12.1 Å². The minimum Gasteiger partial charge on any atom is -0.496 e. The standard InChI is InChI=1S/C24H19F3O3/c1-29-22-13-6-5-11-19(22)15-21(18-9-3-2-4-10-18)23(28)30-16-17-8-7-12-20(14-17)24(25,26)27/h2-15H,16H2,1H3. The van der Waals surface area contributed by atoms with Gasteiger partial charge in [0, 0.05) is 5.56 Å². The van der Waals surface area contributed by atoms with Crippen molar-refractivity contribution in [2.24, 2.45) is 0 Å². The molecular formula is C24H19F3O3. The molecule has 6 heteroatoms. The maximum absolute atomic E-state index is 12.9. The van der Waals surface area contributed by atoms with Gasteiger partial charge in [-0.05, 0) is 35.4 Å². The van der Waals surface area contributed by atoms with E-state index < -0.39 is 17.7 Å². The molecule has 0 radical (unpaired) electrons. The van der Waals surface area contributed by atoms with Crippen molar-refractivity contribution in [1.29, 1.82) is 0 Å². The second-order valence-electron chi connectivity index (χ2n) is 6.44. The van der Waals surface area contributed by atoms with E-state index in [2.05, 4.69) is 0 Å². The molecule has 0 heterocycles. The summed E-state index contributed by atoms with van der Waals surface area (Å²) in [4.78, 5) is 12.8. The number of rotatable bonds is 6. The van der Waals surface area contributed by atoms with Crippen LogP contribution in [0.2, 0.25) is 0 Å². The minimum absolute atomic E-state index is 0.253. The van der Waals surface area contributed by atoms with E-state index in [1.165, 1.54) is 19.2 Å². The normalized spacial score (nSPS) is 11.8. The Bertz CT molecular complexity index is 1040. The quantitative estimate of drug-likeness (QED) is 0.283. The van der Waals surface area contributed by atoms with Crippen molar-refractivity contribution in [2.75, 3.05) is 7.11 Å². The van der Waals surface area contributed by atoms with Crippen molar-refractivity contribution in [1.82, 2.24) is 0 Å². The summed E-state index contributed by atoms with van der Waals surface area (Å²) < 4.78 is 49.4. The highest BCUT2D eigenvalue weighted by Crippen LogP contribution is 2.30. The molecule has 3 aromatic carbocycles. The van der Waals surface area contributed by atoms with E-state index in [-0.39, 0.29) is 17.7 Å². The lowest BCUT2D eigenvalue weighted by Gasteiger charge is -2.12. The topological polar surface area (TPSA) is 35.5 Å². The van der Waals surface area contributed by atoms with Gasteiger partial charge in [-0.3, -0.25) is 0 Å². The molecule has 0 bridgehead atoms. The molecule has 0 aliphatic rings. The molecule has 30 heavy (non-hydrogen) atoms. The predicted octanol–water partition coefficient (Wildman–Crippen LogP) is 6.00. The summed E-state index contributed by atoms with van der Waals surface area (Å²) in [6.45, 7) is -0.279. The molecule has 0 aromatic heterocycles. The monoisotopic (exact) mass is 412 g/mol. The average Bonchev–Trinajstić information content (AvgIpc) is 2.76. The molecule has 0 saturated heterocycles. The lowest BCUT2D eigenvalue weighted by molar-refractivity contribution is -0.137. The van der Waals surface area contributed by atoms with Gasteiger partial charge in [0.2, 0.25) is 0 Å². The lowest BCUT2D eigenvalue weighted by Crippen LogP contribution is -2.09. The molecule has 3 nitrogen and oxygen atoms in total. The molecule has 3 rings (SSSR count). The van der Waals surface area contributed by atoms with Gasteiger partial charge < -0.3 is 9.47 Å². The largest absolute Gasteiger partial charge is 0.496 e. The van der Waals surface area contributed by atoms with Crippen LogP contribution in [0.15, 0.2) is 78.9 Å². The first-order valence-corrected chi connectivity index (χ1v) is 9.12. The van der Waals surface area contributed by atoms with E-state index in [0.29, 0.717) is 16.9 Å². The first-order chi connectivity index (χ1) is 14.4. The van der Waals surface area contributed by atoms with Crippen LogP contribution in [0.25, 0.3) is 11.6 Å². The summed E-state index contributed by atoms with van der Waals surface area (Å²) in [6.07, 6.45) is -2.82. The fraction of sp³-hybridized carbons (Fsp3) is 0.125. The van der Waals surface area contributed by atoms with Crippen LogP contribution in [0, 0.1) is 0 Å². The summed E-state index contributed by atoms with van der Waals surface area (Å²) in [6, 6.07) is 20.8. The number of methoxy groups -OCH3 is 1. The van der Waals surface area contributed by atoms with Gasteiger partial charge in [-0.2, -0.15) is 13.2 Å². The number of esters is 1. The van der Waals surface area contributed by atoms with Crippen molar-refractivity contribution in [3.63, 3.8) is 0 Å². The average molecular weight is 412 g/mol. The molecule has 0 amide bonds. The van der Waals surface area contributed by atoms with Crippen LogP contribution >= 0.6 is 0 Å². The molecular weight excluding hydrogens is 393 g/mol. The summed E-state index contributed by atoms with van der Waals surface area (Å²) in [7, 11) is 1.53. The number of para-hydroxylation sites is 1. The van der Waals surface area contributed by atoms with Gasteiger partial charge in [-0.1, -0.05) is 60.7 Å². The number of ether oxygens (including phenoxy) is 2. The Morgan fingerprint density at radius 2 is 1.63 bits per heavy atom. The van der Waals surface area contributed by atoms with Crippen LogP contribution < -0.4 is 4.74 Å². The Hall–Kier alpha value is -3.54. The highest BCUT2D eigenvalue weighted by molar-refractivity contribution is 6.21. The van der Waals surface area contributed by atoms with Crippen LogP contribution in [0.4, 0.5) is 13.2 Å². The van der Waals surface area contributed by atoms with Crippen molar-refractivity contribution in [3.05, 3.63) is 101 Å². The van der Waals surface area contributed by atoms with E-state index in [9.17, 15) is 18.0 Å². The van der Waals surface area contributed by atoms with Gasteiger partial charge in [0.05, 0.1) is 18.2 Å². The number of halogens is 3. The van der Waals surface area contributed by atoms with Crippen LogP contribution in [-0.4, -0.2) is 13.1 Å². The fourth-order valence-corrected chi connectivity index (χ4v) is 2.88. The van der Waals surface area contributed by atoms with E-state index in [4.69, 9.17) is 9.47 Å². The number of alkyl halides is 3. The van der Waals surface area contributed by atoms with E-state index in [1.807, 2.05) is 18.2 Å². The van der Waals surface area contributed by atoms with Crippen molar-refractivity contribution in [2.45, 2.75) is 12.8 Å². The van der Waals surface area contributed by atoms with Crippen molar-refractivity contribution < 1.29 is 27.4 Å². The minimum atomic E-state index is -4.46. The highest BCUT2D eigenvalue weighted by Gasteiger charge is 2.30. The summed E-state index contributed by atoms with van der Waals surface area (Å²) in [5, 5.41) is 0. The Morgan fingerprint density at radius 1 is 0.933 bits per heavy atom. The molecule has 0 saturated carbocycles. The van der Waals surface area contributed by atoms with Crippen LogP contribution in [-0.2, 0) is 22.3 Å². The smallest absolute Gasteiger partial charge is 0.416 e. The van der Waals surface area contributed by atoms with Gasteiger partial charge in [-0.15, -0.1) is 0 Å². The zero-order valence-corrected chi connectivity index (χ0v) is 16.1. The third-order valence-corrected chi connectivity index (χ3v) is 4.37. The number of carbonyl (C=O) groups excluding carboxylic acids is 1. The lowest BCUT2D eigenvalue weighted by atomic mass is 10.0. The van der Waals surface area contributed by atoms with Crippen LogP contribution in [0.1, 0.15) is 22.3 Å². The van der Waals surface area contributed by atoms with Gasteiger partial charge in [0.25, 0.3) is 0 Å². The molecule has 0 fully saturated rings. The van der Waals surface area contributed by atoms with Crippen LogP contribution in [0.3, 0.4) is 0 Å². The van der Waals surface area contributed by atoms with E-state index in [1.54, 1.807) is 42.5 Å². The summed E-state index contributed by atoms with van der Waals surface area (Å²) in [5.41, 5.74) is 1.03. The fourth-order valence-electron chi connectivity index (χ4n) is 2.88. The molecule has 0 N–H and O–H groups in total. The van der Waals surface area contributed by atoms with Crippen LogP contribution in [0.5, 0.6) is 5.75 Å². The van der Waals surface area contributed by atoms with Gasteiger partial charge in [0.1, 0.15) is 12.4 Å². The first kappa shape index (κ1) is 21.2. The second kappa shape index (κ2) is 9.31. The molecule has 0 aliphatic heterocycles. The van der Waals surface area contributed by atoms with Crippen molar-refractivity contribution in [3.8, 4) is 5.75 Å². The van der Waals surface area contributed by atoms with E-state index in [0.717, 1.165) is 12.1 Å². The van der Waals surface area contributed by atoms with Crippen molar-refractivity contribution >= 4 is 17.6 Å². The number of hydrogen-bond donors (Lipinski definition) is 0.